The number of fused-ring (bicyclic) bond motifs is 1. The number of nitrogens with one attached hydrogen (secondary N) is 1. The molecule has 6 heteroatoms. The molecule has 2 aromatic rings. The quantitative estimate of drug-likeness (QED) is 0.815. The highest BCUT2D eigenvalue weighted by Crippen LogP contribution is 2.27. The van der Waals surface area contributed by atoms with Gasteiger partial charge in [-0.15, -0.1) is 0 Å². The second-order valence-corrected chi connectivity index (χ2v) is 8.07. The van der Waals surface area contributed by atoms with Gasteiger partial charge in [0.25, 0.3) is 5.91 Å². The average Bonchev–Trinajstić information content (AvgIpc) is 3.16. The molecular weight excluding hydrogens is 364 g/mol. The van der Waals surface area contributed by atoms with Crippen molar-refractivity contribution >= 4 is 5.91 Å². The molecule has 29 heavy (non-hydrogen) atoms. The van der Waals surface area contributed by atoms with Crippen molar-refractivity contribution in [2.75, 3.05) is 20.2 Å². The predicted molar refractivity (Wildman–Crippen MR) is 113 cm³/mol. The molecular formula is C23H32N4O2. The number of likely N-dealkylation sites (tertiary alicyclic amines) is 1. The third-order valence-corrected chi connectivity index (χ3v) is 6.27. The zero-order chi connectivity index (χ0) is 20.2. The van der Waals surface area contributed by atoms with Gasteiger partial charge in [0.1, 0.15) is 5.75 Å². The van der Waals surface area contributed by atoms with Crippen molar-refractivity contribution < 1.29 is 9.53 Å². The Hall–Kier alpha value is -2.34. The van der Waals surface area contributed by atoms with Crippen LogP contribution in [0.3, 0.4) is 0 Å². The van der Waals surface area contributed by atoms with Crippen molar-refractivity contribution in [3.05, 3.63) is 46.8 Å². The summed E-state index contributed by atoms with van der Waals surface area (Å²) in [7, 11) is 1.71. The Morgan fingerprint density at radius 3 is 2.79 bits per heavy atom. The van der Waals surface area contributed by atoms with Crippen LogP contribution in [0, 0.1) is 0 Å². The number of carbonyl (C=O) groups is 1. The van der Waals surface area contributed by atoms with Crippen molar-refractivity contribution in [1.82, 2.24) is 20.0 Å². The normalized spacial score (nSPS) is 19.1. The molecule has 1 unspecified atom stereocenters. The molecule has 1 saturated heterocycles. The predicted octanol–water partition coefficient (Wildman–Crippen LogP) is 3.18. The molecule has 1 atom stereocenters. The Morgan fingerprint density at radius 2 is 2.03 bits per heavy atom. The van der Waals surface area contributed by atoms with Crippen molar-refractivity contribution in [1.29, 1.82) is 0 Å². The third kappa shape index (κ3) is 4.17. The van der Waals surface area contributed by atoms with Gasteiger partial charge in [0.05, 0.1) is 7.11 Å². The van der Waals surface area contributed by atoms with Crippen LogP contribution in [-0.4, -0.2) is 46.8 Å². The van der Waals surface area contributed by atoms with Crippen LogP contribution in [0.25, 0.3) is 0 Å². The van der Waals surface area contributed by atoms with Crippen LogP contribution in [0.5, 0.6) is 5.75 Å². The SMILES string of the molecule is CCn1nc(C(=O)N2CCCCC2)c2c1CCC(NCc1ccccc1OC)C2. The highest BCUT2D eigenvalue weighted by Gasteiger charge is 2.31. The molecule has 1 aliphatic carbocycles. The summed E-state index contributed by atoms with van der Waals surface area (Å²) in [6.07, 6.45) is 6.31. The monoisotopic (exact) mass is 396 g/mol. The number of para-hydroxylation sites is 1. The van der Waals surface area contributed by atoms with Crippen LogP contribution >= 0.6 is 0 Å². The molecule has 4 rings (SSSR count). The Bertz CT molecular complexity index is 855. The number of piperidine rings is 1. The highest BCUT2D eigenvalue weighted by molar-refractivity contribution is 5.94. The van der Waals surface area contributed by atoms with Crippen molar-refractivity contribution in [2.45, 2.75) is 64.6 Å². The number of methoxy groups -OCH3 is 1. The van der Waals surface area contributed by atoms with Gasteiger partial charge in [0.15, 0.2) is 5.69 Å². The standard InChI is InChI=1S/C23H32N4O2/c1-3-27-20-12-11-18(24-16-17-9-5-6-10-21(17)29-2)15-19(20)22(25-27)23(28)26-13-7-4-8-14-26/h5-6,9-10,18,24H,3-4,7-8,11-16H2,1-2H3. The van der Waals surface area contributed by atoms with Gasteiger partial charge in [-0.05, 0) is 51.5 Å². The van der Waals surface area contributed by atoms with Crippen LogP contribution in [-0.2, 0) is 25.9 Å². The van der Waals surface area contributed by atoms with Crippen LogP contribution in [0.2, 0.25) is 0 Å². The Labute approximate surface area is 173 Å². The molecule has 0 radical (unpaired) electrons. The topological polar surface area (TPSA) is 59.4 Å². The van der Waals surface area contributed by atoms with Crippen LogP contribution in [0.4, 0.5) is 0 Å². The van der Waals surface area contributed by atoms with E-state index in [4.69, 9.17) is 9.84 Å². The van der Waals surface area contributed by atoms with Crippen LogP contribution in [0.15, 0.2) is 24.3 Å². The van der Waals surface area contributed by atoms with E-state index in [1.807, 2.05) is 27.8 Å². The van der Waals surface area contributed by atoms with Gasteiger partial charge in [-0.3, -0.25) is 9.48 Å². The summed E-state index contributed by atoms with van der Waals surface area (Å²) in [5.41, 5.74) is 4.26. The zero-order valence-corrected chi connectivity index (χ0v) is 17.6. The lowest BCUT2D eigenvalue weighted by Crippen LogP contribution is -2.38. The van der Waals surface area contributed by atoms with Gasteiger partial charge >= 0.3 is 0 Å². The minimum atomic E-state index is 0.124. The fourth-order valence-electron chi connectivity index (χ4n) is 4.65. The second-order valence-electron chi connectivity index (χ2n) is 8.07. The largest absolute Gasteiger partial charge is 0.496 e. The Morgan fingerprint density at radius 1 is 1.24 bits per heavy atom. The summed E-state index contributed by atoms with van der Waals surface area (Å²) in [5.74, 6) is 1.04. The maximum atomic E-state index is 13.2. The van der Waals surface area contributed by atoms with Crippen molar-refractivity contribution in [3.63, 3.8) is 0 Å². The number of aromatic nitrogens is 2. The zero-order valence-electron chi connectivity index (χ0n) is 17.6. The molecule has 1 aromatic carbocycles. The number of amides is 1. The first-order valence-corrected chi connectivity index (χ1v) is 10.9. The van der Waals surface area contributed by atoms with Crippen LogP contribution in [0.1, 0.15) is 59.9 Å². The highest BCUT2D eigenvalue weighted by atomic mass is 16.5. The number of rotatable bonds is 6. The van der Waals surface area contributed by atoms with E-state index < -0.39 is 0 Å². The molecule has 0 bridgehead atoms. The fourth-order valence-corrected chi connectivity index (χ4v) is 4.65. The minimum Gasteiger partial charge on any atom is -0.496 e. The number of carbonyl (C=O) groups excluding carboxylic acids is 1. The smallest absolute Gasteiger partial charge is 0.274 e. The summed E-state index contributed by atoms with van der Waals surface area (Å²) in [6, 6.07) is 8.47. The van der Waals surface area contributed by atoms with E-state index in [2.05, 4.69) is 18.3 Å². The van der Waals surface area contributed by atoms with E-state index in [9.17, 15) is 4.79 Å². The number of hydrogen-bond acceptors (Lipinski definition) is 4. The minimum absolute atomic E-state index is 0.124. The molecule has 156 valence electrons. The summed E-state index contributed by atoms with van der Waals surface area (Å²) in [4.78, 5) is 15.2. The Balaban J connectivity index is 1.50. The average molecular weight is 397 g/mol. The summed E-state index contributed by atoms with van der Waals surface area (Å²) in [6.45, 7) is 5.41. The van der Waals surface area contributed by atoms with Crippen molar-refractivity contribution in [2.24, 2.45) is 0 Å². The first-order chi connectivity index (χ1) is 14.2. The second kappa shape index (κ2) is 8.99. The van der Waals surface area contributed by atoms with Crippen LogP contribution < -0.4 is 10.1 Å². The first-order valence-electron chi connectivity index (χ1n) is 10.9. The molecule has 1 aliphatic heterocycles. The molecule has 1 fully saturated rings. The lowest BCUT2D eigenvalue weighted by Gasteiger charge is -2.28. The van der Waals surface area contributed by atoms with E-state index in [0.29, 0.717) is 11.7 Å². The number of benzene rings is 1. The van der Waals surface area contributed by atoms with Gasteiger partial charge in [0.2, 0.25) is 0 Å². The van der Waals surface area contributed by atoms with Gasteiger partial charge in [0, 0.05) is 49.0 Å². The number of aryl methyl sites for hydroxylation is 1. The molecule has 0 saturated carbocycles. The summed E-state index contributed by atoms with van der Waals surface area (Å²) < 4.78 is 7.52. The molecule has 1 N–H and O–H groups in total. The first kappa shape index (κ1) is 20.0. The van der Waals surface area contributed by atoms with Gasteiger partial charge in [-0.25, -0.2) is 0 Å². The molecule has 6 nitrogen and oxygen atoms in total. The van der Waals surface area contributed by atoms with Gasteiger partial charge < -0.3 is 15.0 Å². The third-order valence-electron chi connectivity index (χ3n) is 6.27. The fraction of sp³-hybridized carbons (Fsp3) is 0.565. The molecule has 1 aromatic heterocycles. The van der Waals surface area contributed by atoms with E-state index >= 15 is 0 Å². The molecule has 2 aliphatic rings. The molecule has 1 amide bonds. The molecule has 0 spiro atoms. The number of ether oxygens (including phenoxy) is 1. The summed E-state index contributed by atoms with van der Waals surface area (Å²) in [5, 5.41) is 8.43. The maximum Gasteiger partial charge on any atom is 0.274 e. The van der Waals surface area contributed by atoms with E-state index in [1.54, 1.807) is 7.11 Å². The van der Waals surface area contributed by atoms with E-state index in [1.165, 1.54) is 12.1 Å². The van der Waals surface area contributed by atoms with E-state index in [-0.39, 0.29) is 5.91 Å². The molecule has 2 heterocycles. The Kier molecular flexibility index (Phi) is 6.19. The number of nitrogens with zero attached hydrogens (tertiary/aromatic N) is 3. The number of hydrogen-bond donors (Lipinski definition) is 1. The lowest BCUT2D eigenvalue weighted by atomic mass is 9.90. The maximum absolute atomic E-state index is 13.2. The lowest BCUT2D eigenvalue weighted by molar-refractivity contribution is 0.0716. The van der Waals surface area contributed by atoms with Crippen molar-refractivity contribution in [3.8, 4) is 5.75 Å². The van der Waals surface area contributed by atoms with Gasteiger partial charge in [-0.1, -0.05) is 18.2 Å². The summed E-state index contributed by atoms with van der Waals surface area (Å²) >= 11 is 0. The van der Waals surface area contributed by atoms with E-state index in [0.717, 1.165) is 75.2 Å². The van der Waals surface area contributed by atoms with Gasteiger partial charge in [-0.2, -0.15) is 5.10 Å².